The Labute approximate surface area is 109 Å². The summed E-state index contributed by atoms with van der Waals surface area (Å²) in [6.07, 6.45) is 0. The van der Waals surface area contributed by atoms with Crippen LogP contribution in [0.4, 0.5) is 11.4 Å². The molecule has 1 atom stereocenters. The minimum absolute atomic E-state index is 0.0564. The van der Waals surface area contributed by atoms with Crippen molar-refractivity contribution in [2.24, 2.45) is 5.84 Å². The van der Waals surface area contributed by atoms with E-state index in [2.05, 4.69) is 5.43 Å². The number of rotatable bonds is 5. The molecule has 0 bridgehead atoms. The molecule has 8 heteroatoms. The first-order valence-electron chi connectivity index (χ1n) is 5.56. The van der Waals surface area contributed by atoms with Gasteiger partial charge in [0.15, 0.2) is 0 Å². The molecule has 1 rings (SSSR count). The summed E-state index contributed by atoms with van der Waals surface area (Å²) in [7, 11) is 1.47. The number of benzene rings is 1. The highest BCUT2D eigenvalue weighted by Crippen LogP contribution is 2.28. The molecule has 1 unspecified atom stereocenters. The quantitative estimate of drug-likeness (QED) is 0.402. The van der Waals surface area contributed by atoms with Gasteiger partial charge in [-0.2, -0.15) is 0 Å². The highest BCUT2D eigenvalue weighted by atomic mass is 16.6. The molecular weight excluding hydrogens is 252 g/mol. The lowest BCUT2D eigenvalue weighted by atomic mass is 10.1. The maximum Gasteiger partial charge on any atom is 0.306 e. The van der Waals surface area contributed by atoms with Gasteiger partial charge in [-0.05, 0) is 19.1 Å². The van der Waals surface area contributed by atoms with Crippen molar-refractivity contribution in [3.05, 3.63) is 33.9 Å². The number of nitro groups is 1. The van der Waals surface area contributed by atoms with Crippen LogP contribution < -0.4 is 11.3 Å². The van der Waals surface area contributed by atoms with Gasteiger partial charge in [0.1, 0.15) is 11.3 Å². The normalized spacial score (nSPS) is 11.8. The number of aliphatic hydroxyl groups excluding tert-OH is 1. The smallest absolute Gasteiger partial charge is 0.306 e. The van der Waals surface area contributed by atoms with E-state index in [-0.39, 0.29) is 23.5 Å². The Bertz CT molecular complexity index is 492. The summed E-state index contributed by atoms with van der Waals surface area (Å²) < 4.78 is 0. The highest BCUT2D eigenvalue weighted by Gasteiger charge is 2.27. The van der Waals surface area contributed by atoms with Gasteiger partial charge in [0, 0.05) is 7.05 Å². The van der Waals surface area contributed by atoms with Crippen LogP contribution in [0.3, 0.4) is 0 Å². The average Bonchev–Trinajstić information content (AvgIpc) is 2.43. The Morgan fingerprint density at radius 3 is 2.74 bits per heavy atom. The van der Waals surface area contributed by atoms with Crippen LogP contribution in [-0.4, -0.2) is 40.5 Å². The molecule has 0 aliphatic rings. The van der Waals surface area contributed by atoms with Crippen LogP contribution in [0.5, 0.6) is 0 Å². The molecule has 1 amide bonds. The number of hydrazine groups is 1. The lowest BCUT2D eigenvalue weighted by Crippen LogP contribution is -2.37. The third kappa shape index (κ3) is 2.98. The van der Waals surface area contributed by atoms with Gasteiger partial charge in [-0.25, -0.2) is 0 Å². The predicted molar refractivity (Wildman–Crippen MR) is 69.5 cm³/mol. The summed E-state index contributed by atoms with van der Waals surface area (Å²) in [5.74, 6) is 4.65. The predicted octanol–water partition coefficient (Wildman–Crippen LogP) is 0.333. The van der Waals surface area contributed by atoms with Crippen molar-refractivity contribution in [2.75, 3.05) is 19.1 Å². The molecule has 0 saturated heterocycles. The second-order valence-electron chi connectivity index (χ2n) is 4.05. The van der Waals surface area contributed by atoms with Crippen LogP contribution in [0.1, 0.15) is 17.3 Å². The van der Waals surface area contributed by atoms with E-state index in [0.717, 1.165) is 0 Å². The van der Waals surface area contributed by atoms with E-state index in [0.29, 0.717) is 0 Å². The monoisotopic (exact) mass is 268 g/mol. The van der Waals surface area contributed by atoms with Crippen molar-refractivity contribution in [1.82, 2.24) is 4.90 Å². The first kappa shape index (κ1) is 14.9. The standard InChI is InChI=1S/C11H16N4O4/c1-7(6-16)14(2)11(17)8-4-3-5-9(13-12)10(8)15(18)19/h3-5,7,13,16H,6,12H2,1-2H3. The molecule has 0 aromatic heterocycles. The number of carbonyl (C=O) groups is 1. The number of hydrogen-bond donors (Lipinski definition) is 3. The number of nitro benzene ring substituents is 1. The number of nitrogen functional groups attached to an aromatic ring is 1. The Morgan fingerprint density at radius 1 is 1.63 bits per heavy atom. The minimum atomic E-state index is -0.667. The topological polar surface area (TPSA) is 122 Å². The summed E-state index contributed by atoms with van der Waals surface area (Å²) in [5, 5.41) is 20.1. The number of anilines is 1. The second-order valence-corrected chi connectivity index (χ2v) is 4.05. The Hall–Kier alpha value is -2.19. The van der Waals surface area contributed by atoms with E-state index in [1.54, 1.807) is 6.92 Å². The molecule has 104 valence electrons. The molecule has 8 nitrogen and oxygen atoms in total. The fourth-order valence-corrected chi connectivity index (χ4v) is 1.54. The molecule has 0 saturated carbocycles. The molecule has 4 N–H and O–H groups in total. The zero-order valence-electron chi connectivity index (χ0n) is 10.7. The number of nitrogens with zero attached hydrogens (tertiary/aromatic N) is 2. The van der Waals surface area contributed by atoms with Crippen LogP contribution in [0.25, 0.3) is 0 Å². The fourth-order valence-electron chi connectivity index (χ4n) is 1.54. The molecule has 0 aliphatic heterocycles. The Kier molecular flexibility index (Phi) is 4.79. The summed E-state index contributed by atoms with van der Waals surface area (Å²) in [6.45, 7) is 1.40. The number of nitrogens with one attached hydrogen (secondary N) is 1. The first-order chi connectivity index (χ1) is 8.93. The summed E-state index contributed by atoms with van der Waals surface area (Å²) >= 11 is 0. The van der Waals surface area contributed by atoms with E-state index >= 15 is 0 Å². The minimum Gasteiger partial charge on any atom is -0.394 e. The third-order valence-electron chi connectivity index (χ3n) is 2.85. The van der Waals surface area contributed by atoms with Crippen LogP contribution in [0, 0.1) is 10.1 Å². The molecular formula is C11H16N4O4. The lowest BCUT2D eigenvalue weighted by molar-refractivity contribution is -0.384. The van der Waals surface area contributed by atoms with Gasteiger partial charge in [-0.15, -0.1) is 0 Å². The number of aliphatic hydroxyl groups is 1. The largest absolute Gasteiger partial charge is 0.394 e. The van der Waals surface area contributed by atoms with Crippen molar-refractivity contribution in [2.45, 2.75) is 13.0 Å². The first-order valence-corrected chi connectivity index (χ1v) is 5.56. The van der Waals surface area contributed by atoms with Crippen molar-refractivity contribution in [1.29, 1.82) is 0 Å². The SMILES string of the molecule is CC(CO)N(C)C(=O)c1cccc(NN)c1[N+](=O)[O-]. The van der Waals surface area contributed by atoms with E-state index in [4.69, 9.17) is 10.9 Å². The number of hydrogen-bond acceptors (Lipinski definition) is 6. The molecule has 0 radical (unpaired) electrons. The maximum absolute atomic E-state index is 12.2. The lowest BCUT2D eigenvalue weighted by Gasteiger charge is -2.23. The molecule has 0 heterocycles. The number of para-hydroxylation sites is 1. The number of amides is 1. The van der Waals surface area contributed by atoms with Crippen LogP contribution in [0.15, 0.2) is 18.2 Å². The van der Waals surface area contributed by atoms with Gasteiger partial charge in [-0.3, -0.25) is 20.8 Å². The summed E-state index contributed by atoms with van der Waals surface area (Å²) in [5.41, 5.74) is 1.79. The zero-order valence-corrected chi connectivity index (χ0v) is 10.7. The molecule has 1 aromatic rings. The Balaban J connectivity index is 3.27. The van der Waals surface area contributed by atoms with Gasteiger partial charge in [-0.1, -0.05) is 6.07 Å². The van der Waals surface area contributed by atoms with Gasteiger partial charge in [0.2, 0.25) is 0 Å². The van der Waals surface area contributed by atoms with Crippen molar-refractivity contribution >= 4 is 17.3 Å². The van der Waals surface area contributed by atoms with E-state index in [1.165, 1.54) is 30.1 Å². The van der Waals surface area contributed by atoms with Gasteiger partial charge >= 0.3 is 5.69 Å². The Morgan fingerprint density at radius 2 is 2.26 bits per heavy atom. The highest BCUT2D eigenvalue weighted by molar-refractivity contribution is 6.00. The maximum atomic E-state index is 12.2. The molecule has 0 aliphatic carbocycles. The van der Waals surface area contributed by atoms with Crippen molar-refractivity contribution < 1.29 is 14.8 Å². The average molecular weight is 268 g/mol. The van der Waals surface area contributed by atoms with Gasteiger partial charge in [0.05, 0.1) is 17.6 Å². The van der Waals surface area contributed by atoms with Gasteiger partial charge < -0.3 is 15.4 Å². The number of likely N-dealkylation sites (N-methyl/N-ethyl adjacent to an activating group) is 1. The summed E-state index contributed by atoms with van der Waals surface area (Å²) in [6, 6.07) is 3.81. The second kappa shape index (κ2) is 6.12. The third-order valence-corrected chi connectivity index (χ3v) is 2.85. The van der Waals surface area contributed by atoms with Crippen molar-refractivity contribution in [3.63, 3.8) is 0 Å². The van der Waals surface area contributed by atoms with E-state index in [9.17, 15) is 14.9 Å². The zero-order chi connectivity index (χ0) is 14.6. The van der Waals surface area contributed by atoms with Gasteiger partial charge in [0.25, 0.3) is 5.91 Å². The van der Waals surface area contributed by atoms with Crippen LogP contribution in [0.2, 0.25) is 0 Å². The van der Waals surface area contributed by atoms with E-state index in [1.807, 2.05) is 0 Å². The van der Waals surface area contributed by atoms with Crippen LogP contribution >= 0.6 is 0 Å². The number of nitrogens with two attached hydrogens (primary N) is 1. The molecule has 0 spiro atoms. The molecule has 1 aromatic carbocycles. The molecule has 19 heavy (non-hydrogen) atoms. The fraction of sp³-hybridized carbons (Fsp3) is 0.364. The summed E-state index contributed by atoms with van der Waals surface area (Å²) in [4.78, 5) is 23.8. The van der Waals surface area contributed by atoms with E-state index < -0.39 is 16.9 Å². The van der Waals surface area contributed by atoms with Crippen molar-refractivity contribution in [3.8, 4) is 0 Å². The number of carbonyl (C=O) groups excluding carboxylic acids is 1. The molecule has 0 fully saturated rings. The van der Waals surface area contributed by atoms with Crippen LogP contribution in [-0.2, 0) is 0 Å².